The SMILES string of the molecule is Cc1ccc([C@@H]2CC2COc2nc(C)ncc2-c2ccc(=O)oc2)nc1. The van der Waals surface area contributed by atoms with Crippen LogP contribution >= 0.6 is 0 Å². The molecule has 1 saturated carbocycles. The van der Waals surface area contributed by atoms with Crippen LogP contribution in [0.5, 0.6) is 5.88 Å². The molecule has 1 aliphatic rings. The average molecular weight is 349 g/mol. The average Bonchev–Trinajstić information content (AvgIpc) is 3.41. The van der Waals surface area contributed by atoms with E-state index in [2.05, 4.69) is 27.1 Å². The third-order valence-corrected chi connectivity index (χ3v) is 4.56. The van der Waals surface area contributed by atoms with E-state index in [1.54, 1.807) is 12.3 Å². The molecular formula is C20H19N3O3. The van der Waals surface area contributed by atoms with Crippen LogP contribution in [-0.2, 0) is 0 Å². The summed E-state index contributed by atoms with van der Waals surface area (Å²) in [5.74, 6) is 2.02. The summed E-state index contributed by atoms with van der Waals surface area (Å²) >= 11 is 0. The van der Waals surface area contributed by atoms with E-state index < -0.39 is 5.63 Å². The first-order valence-corrected chi connectivity index (χ1v) is 8.58. The van der Waals surface area contributed by atoms with E-state index in [1.165, 1.54) is 12.3 Å². The molecule has 0 spiro atoms. The third kappa shape index (κ3) is 3.49. The van der Waals surface area contributed by atoms with Crippen molar-refractivity contribution in [2.24, 2.45) is 5.92 Å². The van der Waals surface area contributed by atoms with Crippen molar-refractivity contribution in [1.82, 2.24) is 15.0 Å². The van der Waals surface area contributed by atoms with Crippen molar-refractivity contribution in [2.45, 2.75) is 26.2 Å². The van der Waals surface area contributed by atoms with Crippen molar-refractivity contribution < 1.29 is 9.15 Å². The van der Waals surface area contributed by atoms with Gasteiger partial charge in [-0.05, 0) is 38.0 Å². The Morgan fingerprint density at radius 2 is 2.04 bits per heavy atom. The Morgan fingerprint density at radius 3 is 2.77 bits per heavy atom. The molecule has 0 aliphatic heterocycles. The third-order valence-electron chi connectivity index (χ3n) is 4.56. The minimum Gasteiger partial charge on any atom is -0.477 e. The topological polar surface area (TPSA) is 78.1 Å². The van der Waals surface area contributed by atoms with E-state index in [0.29, 0.717) is 41.3 Å². The summed E-state index contributed by atoms with van der Waals surface area (Å²) in [5, 5.41) is 0. The van der Waals surface area contributed by atoms with Crippen LogP contribution < -0.4 is 10.4 Å². The normalized spacial score (nSPS) is 18.5. The molecule has 1 fully saturated rings. The molecule has 4 rings (SSSR count). The number of aromatic nitrogens is 3. The first kappa shape index (κ1) is 16.4. The van der Waals surface area contributed by atoms with E-state index in [9.17, 15) is 4.79 Å². The van der Waals surface area contributed by atoms with Gasteiger partial charge in [-0.1, -0.05) is 6.07 Å². The molecule has 3 aromatic heterocycles. The molecule has 3 aromatic rings. The number of ether oxygens (including phenoxy) is 1. The van der Waals surface area contributed by atoms with Gasteiger partial charge in [-0.3, -0.25) is 4.98 Å². The lowest BCUT2D eigenvalue weighted by molar-refractivity contribution is 0.285. The van der Waals surface area contributed by atoms with Gasteiger partial charge in [-0.15, -0.1) is 0 Å². The molecule has 6 nitrogen and oxygen atoms in total. The molecule has 0 N–H and O–H groups in total. The second-order valence-corrected chi connectivity index (χ2v) is 6.65. The van der Waals surface area contributed by atoms with E-state index in [0.717, 1.165) is 17.7 Å². The highest BCUT2D eigenvalue weighted by molar-refractivity contribution is 5.66. The summed E-state index contributed by atoms with van der Waals surface area (Å²) < 4.78 is 10.9. The zero-order chi connectivity index (χ0) is 18.1. The van der Waals surface area contributed by atoms with Crippen LogP contribution in [0.25, 0.3) is 11.1 Å². The smallest absolute Gasteiger partial charge is 0.335 e. The molecule has 0 amide bonds. The Bertz CT molecular complexity index is 962. The minimum absolute atomic E-state index is 0.393. The van der Waals surface area contributed by atoms with Crippen LogP contribution in [0.1, 0.15) is 29.4 Å². The second kappa shape index (κ2) is 6.71. The molecule has 132 valence electrons. The fourth-order valence-corrected chi connectivity index (χ4v) is 2.95. The maximum absolute atomic E-state index is 11.2. The number of nitrogens with zero attached hydrogens (tertiary/aromatic N) is 3. The van der Waals surface area contributed by atoms with Crippen molar-refractivity contribution in [1.29, 1.82) is 0 Å². The van der Waals surface area contributed by atoms with Gasteiger partial charge in [-0.25, -0.2) is 9.78 Å². The molecule has 0 bridgehead atoms. The molecule has 0 saturated heterocycles. The van der Waals surface area contributed by atoms with Crippen LogP contribution in [-0.4, -0.2) is 21.6 Å². The van der Waals surface area contributed by atoms with Gasteiger partial charge in [0, 0.05) is 41.6 Å². The van der Waals surface area contributed by atoms with E-state index in [-0.39, 0.29) is 0 Å². The maximum Gasteiger partial charge on any atom is 0.335 e. The highest BCUT2D eigenvalue weighted by Gasteiger charge is 2.40. The van der Waals surface area contributed by atoms with Crippen LogP contribution in [0, 0.1) is 19.8 Å². The fraction of sp³-hybridized carbons (Fsp3) is 0.300. The molecule has 26 heavy (non-hydrogen) atoms. The lowest BCUT2D eigenvalue weighted by Crippen LogP contribution is -2.06. The van der Waals surface area contributed by atoms with Crippen LogP contribution in [0.3, 0.4) is 0 Å². The minimum atomic E-state index is -0.393. The fourth-order valence-electron chi connectivity index (χ4n) is 2.95. The number of hydrogen-bond acceptors (Lipinski definition) is 6. The Morgan fingerprint density at radius 1 is 1.15 bits per heavy atom. The van der Waals surface area contributed by atoms with Crippen molar-refractivity contribution >= 4 is 0 Å². The molecular weight excluding hydrogens is 330 g/mol. The Hall–Kier alpha value is -3.02. The standard InChI is InChI=1S/C20H19N3O3/c1-12-3-5-18(22-8-12)16-7-15(16)11-26-20-17(9-21-13(2)23-20)14-4-6-19(24)25-10-14/h3-6,8-10,15-16H,7,11H2,1-2H3/t15?,16-/m1/s1. The predicted octanol–water partition coefficient (Wildman–Crippen LogP) is 3.29. The van der Waals surface area contributed by atoms with Crippen molar-refractivity contribution in [2.75, 3.05) is 6.61 Å². The number of rotatable bonds is 5. The summed E-state index contributed by atoms with van der Waals surface area (Å²) in [6.07, 6.45) is 6.06. The Labute approximate surface area is 150 Å². The van der Waals surface area contributed by atoms with Crippen molar-refractivity contribution in [3.8, 4) is 17.0 Å². The summed E-state index contributed by atoms with van der Waals surface area (Å²) in [5.41, 5.74) is 3.32. The van der Waals surface area contributed by atoms with Crippen molar-refractivity contribution in [3.63, 3.8) is 0 Å². The predicted molar refractivity (Wildman–Crippen MR) is 96.1 cm³/mol. The molecule has 1 unspecified atom stereocenters. The maximum atomic E-state index is 11.2. The Balaban J connectivity index is 1.48. The molecule has 6 heteroatoms. The zero-order valence-corrected chi connectivity index (χ0v) is 14.7. The lowest BCUT2D eigenvalue weighted by Gasteiger charge is -2.10. The van der Waals surface area contributed by atoms with E-state index in [4.69, 9.17) is 9.15 Å². The largest absolute Gasteiger partial charge is 0.477 e. The van der Waals surface area contributed by atoms with Gasteiger partial charge in [0.25, 0.3) is 0 Å². The summed E-state index contributed by atoms with van der Waals surface area (Å²) in [6.45, 7) is 4.42. The first-order valence-electron chi connectivity index (χ1n) is 8.58. The molecule has 0 radical (unpaired) electrons. The molecule has 3 heterocycles. The quantitative estimate of drug-likeness (QED) is 0.703. The molecule has 2 atom stereocenters. The highest BCUT2D eigenvalue weighted by Crippen LogP contribution is 2.47. The van der Waals surface area contributed by atoms with Crippen LogP contribution in [0.4, 0.5) is 0 Å². The first-order chi connectivity index (χ1) is 12.6. The summed E-state index contributed by atoms with van der Waals surface area (Å²) in [6, 6.07) is 7.24. The van der Waals surface area contributed by atoms with Crippen molar-refractivity contribution in [3.05, 3.63) is 70.4 Å². The van der Waals surface area contributed by atoms with Gasteiger partial charge in [0.2, 0.25) is 5.88 Å². The van der Waals surface area contributed by atoms with Gasteiger partial charge in [0.1, 0.15) is 12.1 Å². The van der Waals surface area contributed by atoms with Crippen LogP contribution in [0.15, 0.2) is 52.1 Å². The summed E-state index contributed by atoms with van der Waals surface area (Å²) in [4.78, 5) is 24.3. The van der Waals surface area contributed by atoms with Gasteiger partial charge in [-0.2, -0.15) is 4.98 Å². The number of aryl methyl sites for hydroxylation is 2. The number of pyridine rings is 1. The summed E-state index contributed by atoms with van der Waals surface area (Å²) in [7, 11) is 0. The zero-order valence-electron chi connectivity index (χ0n) is 14.7. The molecule has 1 aliphatic carbocycles. The second-order valence-electron chi connectivity index (χ2n) is 6.65. The van der Waals surface area contributed by atoms with E-state index >= 15 is 0 Å². The van der Waals surface area contributed by atoms with Gasteiger partial charge in [0.15, 0.2) is 0 Å². The molecule has 0 aromatic carbocycles. The monoisotopic (exact) mass is 349 g/mol. The van der Waals surface area contributed by atoms with Crippen LogP contribution in [0.2, 0.25) is 0 Å². The Kier molecular flexibility index (Phi) is 4.24. The van der Waals surface area contributed by atoms with Gasteiger partial charge >= 0.3 is 5.63 Å². The lowest BCUT2D eigenvalue weighted by atomic mass is 10.1. The van der Waals surface area contributed by atoms with Gasteiger partial charge < -0.3 is 9.15 Å². The van der Waals surface area contributed by atoms with E-state index in [1.807, 2.05) is 20.0 Å². The highest BCUT2D eigenvalue weighted by atomic mass is 16.5. The number of hydrogen-bond donors (Lipinski definition) is 0. The van der Waals surface area contributed by atoms with Gasteiger partial charge in [0.05, 0.1) is 12.2 Å².